The minimum atomic E-state index is -1.10. The Morgan fingerprint density at radius 1 is 0.879 bits per heavy atom. The minimum absolute atomic E-state index is 0.0512. The van der Waals surface area contributed by atoms with Crippen molar-refractivity contribution >= 4 is 18.0 Å². The number of hydrogen-bond donors (Lipinski definition) is 3. The summed E-state index contributed by atoms with van der Waals surface area (Å²) in [6, 6.07) is 8.19. The minimum Gasteiger partial charge on any atom is -0.480 e. The molecule has 0 heterocycles. The molecule has 0 aliphatic rings. The van der Waals surface area contributed by atoms with E-state index in [4.69, 9.17) is 4.74 Å². The first-order chi connectivity index (χ1) is 16.0. The largest absolute Gasteiger partial charge is 0.480 e. The van der Waals surface area contributed by atoms with Crippen molar-refractivity contribution in [1.82, 2.24) is 10.6 Å². The number of benzene rings is 1. The number of nitrogens with one attached hydrogen (secondary N) is 2. The fraction of sp³-hybridized carbons (Fsp3) is 0.654. The van der Waals surface area contributed by atoms with Crippen LogP contribution < -0.4 is 10.6 Å². The van der Waals surface area contributed by atoms with Crippen molar-refractivity contribution in [3.63, 3.8) is 0 Å². The topological polar surface area (TPSA) is 105 Å². The second-order valence-electron chi connectivity index (χ2n) is 8.52. The number of aliphatic carboxylic acids is 1. The molecule has 3 N–H and O–H groups in total. The summed E-state index contributed by atoms with van der Waals surface area (Å²) in [4.78, 5) is 35.2. The third-order valence-corrected chi connectivity index (χ3v) is 5.55. The zero-order chi connectivity index (χ0) is 24.2. The zero-order valence-electron chi connectivity index (χ0n) is 20.2. The number of unbranched alkanes of at least 4 members (excludes halogenated alkanes) is 9. The highest BCUT2D eigenvalue weighted by atomic mass is 16.5. The van der Waals surface area contributed by atoms with Crippen LogP contribution in [0.1, 0.15) is 96.0 Å². The van der Waals surface area contributed by atoms with Crippen LogP contribution >= 0.6 is 0 Å². The fourth-order valence-electron chi connectivity index (χ4n) is 3.55. The Bertz CT molecular complexity index is 666. The zero-order valence-corrected chi connectivity index (χ0v) is 20.2. The van der Waals surface area contributed by atoms with Gasteiger partial charge in [-0.05, 0) is 31.2 Å². The summed E-state index contributed by atoms with van der Waals surface area (Å²) in [5, 5.41) is 14.6. The first-order valence-corrected chi connectivity index (χ1v) is 12.5. The van der Waals surface area contributed by atoms with Crippen molar-refractivity contribution in [2.45, 2.75) is 103 Å². The smallest absolute Gasteiger partial charge is 0.408 e. The fourth-order valence-corrected chi connectivity index (χ4v) is 3.55. The van der Waals surface area contributed by atoms with E-state index in [0.29, 0.717) is 25.8 Å². The van der Waals surface area contributed by atoms with Gasteiger partial charge in [-0.15, -0.1) is 0 Å². The Balaban J connectivity index is 2.05. The van der Waals surface area contributed by atoms with Crippen molar-refractivity contribution in [2.75, 3.05) is 6.54 Å². The molecule has 1 atom stereocenters. The Labute approximate surface area is 198 Å². The third kappa shape index (κ3) is 15.8. The molecule has 1 rings (SSSR count). The first kappa shape index (κ1) is 28.5. The van der Waals surface area contributed by atoms with Gasteiger partial charge < -0.3 is 20.5 Å². The number of alkyl carbamates (subject to hydrolysis) is 1. The Morgan fingerprint density at radius 2 is 1.52 bits per heavy atom. The maximum Gasteiger partial charge on any atom is 0.408 e. The molecule has 1 aromatic rings. The van der Waals surface area contributed by atoms with E-state index in [0.717, 1.165) is 18.4 Å². The molecule has 7 nitrogen and oxygen atoms in total. The lowest BCUT2D eigenvalue weighted by molar-refractivity contribution is -0.139. The molecule has 0 radical (unpaired) electrons. The lowest BCUT2D eigenvalue weighted by atomic mass is 10.1. The quantitative estimate of drug-likeness (QED) is 0.233. The lowest BCUT2D eigenvalue weighted by Crippen LogP contribution is -2.41. The molecule has 33 heavy (non-hydrogen) atoms. The molecule has 186 valence electrons. The lowest BCUT2D eigenvalue weighted by Gasteiger charge is -2.14. The number of rotatable bonds is 19. The molecule has 0 unspecified atom stereocenters. The Kier molecular flexibility index (Phi) is 16.3. The maximum atomic E-state index is 11.9. The molecular weight excluding hydrogens is 420 g/mol. The van der Waals surface area contributed by atoms with Gasteiger partial charge in [-0.2, -0.15) is 0 Å². The molecule has 1 aromatic carbocycles. The van der Waals surface area contributed by atoms with E-state index in [1.54, 1.807) is 0 Å². The number of amides is 2. The maximum absolute atomic E-state index is 11.9. The van der Waals surface area contributed by atoms with Crippen molar-refractivity contribution in [2.24, 2.45) is 0 Å². The molecular formula is C26H42N2O5. The van der Waals surface area contributed by atoms with Gasteiger partial charge in [0.2, 0.25) is 5.91 Å². The standard InChI is InChI=1S/C26H42N2O5/c1-2-3-4-5-6-7-8-9-13-19-24(29)27-20-15-14-18-23(25(30)31)28-26(32)33-21-22-16-11-10-12-17-22/h10-12,16-17,23H,2-9,13-15,18-21H2,1H3,(H,27,29)(H,28,32)(H,30,31)/t23-/m0/s1. The van der Waals surface area contributed by atoms with Crippen LogP contribution in [0.2, 0.25) is 0 Å². The average Bonchev–Trinajstić information content (AvgIpc) is 2.81. The Morgan fingerprint density at radius 3 is 2.15 bits per heavy atom. The van der Waals surface area contributed by atoms with Gasteiger partial charge in [0.05, 0.1) is 0 Å². The van der Waals surface area contributed by atoms with Crippen LogP contribution in [-0.2, 0) is 20.9 Å². The number of carboxylic acids is 1. The molecule has 7 heteroatoms. The van der Waals surface area contributed by atoms with Crippen LogP contribution in [0.15, 0.2) is 30.3 Å². The van der Waals surface area contributed by atoms with E-state index in [2.05, 4.69) is 17.6 Å². The highest BCUT2D eigenvalue weighted by Crippen LogP contribution is 2.10. The summed E-state index contributed by atoms with van der Waals surface area (Å²) in [6.07, 6.45) is 12.3. The van der Waals surface area contributed by atoms with Crippen LogP contribution in [0.3, 0.4) is 0 Å². The molecule has 2 amide bonds. The van der Waals surface area contributed by atoms with Crippen molar-refractivity contribution < 1.29 is 24.2 Å². The SMILES string of the molecule is CCCCCCCCCCCC(=O)NCCCC[C@H](NC(=O)OCc1ccccc1)C(=O)O. The molecule has 0 aromatic heterocycles. The van der Waals surface area contributed by atoms with E-state index >= 15 is 0 Å². The van der Waals surface area contributed by atoms with Crippen molar-refractivity contribution in [3.8, 4) is 0 Å². The molecule has 0 aliphatic heterocycles. The van der Waals surface area contributed by atoms with Gasteiger partial charge in [0, 0.05) is 13.0 Å². The van der Waals surface area contributed by atoms with Gasteiger partial charge in [-0.3, -0.25) is 4.79 Å². The van der Waals surface area contributed by atoms with Crippen LogP contribution in [0, 0.1) is 0 Å². The highest BCUT2D eigenvalue weighted by molar-refractivity contribution is 5.79. The van der Waals surface area contributed by atoms with E-state index in [1.165, 1.54) is 44.9 Å². The van der Waals surface area contributed by atoms with Gasteiger partial charge in [-0.1, -0.05) is 88.6 Å². The predicted molar refractivity (Wildman–Crippen MR) is 130 cm³/mol. The van der Waals surface area contributed by atoms with Gasteiger partial charge in [0.15, 0.2) is 0 Å². The molecule has 0 spiro atoms. The monoisotopic (exact) mass is 462 g/mol. The first-order valence-electron chi connectivity index (χ1n) is 12.5. The number of hydrogen-bond acceptors (Lipinski definition) is 4. The second kappa shape index (κ2) is 18.9. The summed E-state index contributed by atoms with van der Waals surface area (Å²) in [5.74, 6) is -1.04. The molecule has 0 fully saturated rings. The Hall–Kier alpha value is -2.57. The van der Waals surface area contributed by atoms with Crippen LogP contribution in [0.4, 0.5) is 4.79 Å². The molecule has 0 bridgehead atoms. The van der Waals surface area contributed by atoms with Gasteiger partial charge in [-0.25, -0.2) is 9.59 Å². The van der Waals surface area contributed by atoms with Crippen molar-refractivity contribution in [1.29, 1.82) is 0 Å². The third-order valence-electron chi connectivity index (χ3n) is 5.55. The number of carbonyl (C=O) groups is 3. The van der Waals surface area contributed by atoms with E-state index in [-0.39, 0.29) is 18.9 Å². The molecule has 0 aliphatic carbocycles. The second-order valence-corrected chi connectivity index (χ2v) is 8.52. The number of carbonyl (C=O) groups excluding carboxylic acids is 2. The summed E-state index contributed by atoms with van der Waals surface area (Å²) >= 11 is 0. The number of carboxylic acid groups (broad SMARTS) is 1. The summed E-state index contributed by atoms with van der Waals surface area (Å²) < 4.78 is 5.08. The van der Waals surface area contributed by atoms with Gasteiger partial charge >= 0.3 is 12.1 Å². The van der Waals surface area contributed by atoms with Crippen molar-refractivity contribution in [3.05, 3.63) is 35.9 Å². The predicted octanol–water partition coefficient (Wildman–Crippen LogP) is 5.57. The van der Waals surface area contributed by atoms with E-state index < -0.39 is 18.1 Å². The summed E-state index contributed by atoms with van der Waals surface area (Å²) in [6.45, 7) is 2.83. The number of ether oxygens (including phenoxy) is 1. The summed E-state index contributed by atoms with van der Waals surface area (Å²) in [5.41, 5.74) is 0.831. The highest BCUT2D eigenvalue weighted by Gasteiger charge is 2.20. The van der Waals surface area contributed by atoms with Crippen LogP contribution in [-0.4, -0.2) is 35.7 Å². The van der Waals surface area contributed by atoms with Crippen LogP contribution in [0.25, 0.3) is 0 Å². The molecule has 0 saturated heterocycles. The van der Waals surface area contributed by atoms with Gasteiger partial charge in [0.25, 0.3) is 0 Å². The van der Waals surface area contributed by atoms with E-state index in [1.807, 2.05) is 30.3 Å². The average molecular weight is 463 g/mol. The van der Waals surface area contributed by atoms with Gasteiger partial charge in [0.1, 0.15) is 12.6 Å². The molecule has 0 saturated carbocycles. The van der Waals surface area contributed by atoms with E-state index in [9.17, 15) is 19.5 Å². The van der Waals surface area contributed by atoms with Crippen LogP contribution in [0.5, 0.6) is 0 Å². The summed E-state index contributed by atoms with van der Waals surface area (Å²) in [7, 11) is 0. The normalized spacial score (nSPS) is 11.5.